The molecule has 1 heterocycles. The van der Waals surface area contributed by atoms with Crippen molar-refractivity contribution in [3.05, 3.63) is 59.9 Å². The lowest BCUT2D eigenvalue weighted by Crippen LogP contribution is -2.00. The van der Waals surface area contributed by atoms with Crippen LogP contribution in [0.1, 0.15) is 18.3 Å². The highest BCUT2D eigenvalue weighted by molar-refractivity contribution is 5.84. The number of imidazole rings is 1. The van der Waals surface area contributed by atoms with Crippen LogP contribution in [-0.2, 0) is 6.42 Å². The van der Waals surface area contributed by atoms with Gasteiger partial charge in [0.25, 0.3) is 0 Å². The highest BCUT2D eigenvalue weighted by Gasteiger charge is 2.13. The van der Waals surface area contributed by atoms with E-state index in [-0.39, 0.29) is 0 Å². The van der Waals surface area contributed by atoms with Crippen LogP contribution in [-0.4, -0.2) is 9.55 Å². The Hall–Kier alpha value is -2.53. The van der Waals surface area contributed by atoms with Gasteiger partial charge < -0.3 is 0 Å². The minimum Gasteiger partial charge on any atom is -0.295 e. The zero-order valence-corrected chi connectivity index (χ0v) is 10.8. The third-order valence-corrected chi connectivity index (χ3v) is 3.23. The van der Waals surface area contributed by atoms with Gasteiger partial charge in [-0.25, -0.2) is 4.98 Å². The van der Waals surface area contributed by atoms with Crippen molar-refractivity contribution in [1.82, 2.24) is 9.55 Å². The van der Waals surface area contributed by atoms with E-state index in [1.165, 1.54) is 0 Å². The molecule has 3 rings (SSSR count). The van der Waals surface area contributed by atoms with Crippen molar-refractivity contribution in [3.8, 4) is 18.0 Å². The van der Waals surface area contributed by atoms with Gasteiger partial charge in [-0.3, -0.25) is 4.57 Å². The summed E-state index contributed by atoms with van der Waals surface area (Å²) in [7, 11) is 0. The smallest absolute Gasteiger partial charge is 0.114 e. The summed E-state index contributed by atoms with van der Waals surface area (Å²) in [6.07, 6.45) is 6.49. The number of hydrogen-bond donors (Lipinski definition) is 0. The first kappa shape index (κ1) is 11.6. The van der Waals surface area contributed by atoms with E-state index >= 15 is 0 Å². The zero-order chi connectivity index (χ0) is 13.2. The molecule has 0 saturated carbocycles. The van der Waals surface area contributed by atoms with Crippen LogP contribution in [0.25, 0.3) is 16.7 Å². The molecule has 3 aromatic rings. The van der Waals surface area contributed by atoms with Gasteiger partial charge in [0.05, 0.1) is 16.6 Å². The Balaban J connectivity index is 2.42. The molecule has 0 atom stereocenters. The molecule has 0 radical (unpaired) electrons. The number of benzene rings is 2. The van der Waals surface area contributed by atoms with E-state index in [9.17, 15) is 0 Å². The molecule has 92 valence electrons. The van der Waals surface area contributed by atoms with E-state index in [1.54, 1.807) is 0 Å². The lowest BCUT2D eigenvalue weighted by Gasteiger charge is -2.08. The maximum absolute atomic E-state index is 5.62. The highest BCUT2D eigenvalue weighted by Crippen LogP contribution is 2.24. The topological polar surface area (TPSA) is 17.8 Å². The lowest BCUT2D eigenvalue weighted by atomic mass is 10.2. The quantitative estimate of drug-likeness (QED) is 0.632. The van der Waals surface area contributed by atoms with Crippen molar-refractivity contribution >= 4 is 11.0 Å². The third kappa shape index (κ3) is 1.80. The van der Waals surface area contributed by atoms with Gasteiger partial charge in [0.15, 0.2) is 0 Å². The van der Waals surface area contributed by atoms with Crippen LogP contribution in [0.4, 0.5) is 0 Å². The molecule has 0 spiro atoms. The van der Waals surface area contributed by atoms with E-state index in [0.29, 0.717) is 0 Å². The first-order chi connectivity index (χ1) is 9.35. The first-order valence-electron chi connectivity index (χ1n) is 6.37. The maximum Gasteiger partial charge on any atom is 0.114 e. The summed E-state index contributed by atoms with van der Waals surface area (Å²) >= 11 is 0. The van der Waals surface area contributed by atoms with Crippen LogP contribution in [0.2, 0.25) is 0 Å². The molecule has 0 bridgehead atoms. The molecule has 0 aliphatic rings. The second-order valence-corrected chi connectivity index (χ2v) is 4.37. The molecule has 2 nitrogen and oxygen atoms in total. The monoisotopic (exact) mass is 246 g/mol. The first-order valence-corrected chi connectivity index (χ1v) is 6.37. The third-order valence-electron chi connectivity index (χ3n) is 3.23. The van der Waals surface area contributed by atoms with Gasteiger partial charge in [-0.15, -0.1) is 6.42 Å². The van der Waals surface area contributed by atoms with E-state index < -0.39 is 0 Å². The van der Waals surface area contributed by atoms with Crippen molar-refractivity contribution in [2.24, 2.45) is 0 Å². The summed E-state index contributed by atoms with van der Waals surface area (Å²) in [5.74, 6) is 3.79. The Kier molecular flexibility index (Phi) is 2.81. The molecule has 2 heteroatoms. The van der Waals surface area contributed by atoms with Crippen molar-refractivity contribution < 1.29 is 0 Å². The summed E-state index contributed by atoms with van der Waals surface area (Å²) in [5.41, 5.74) is 3.96. The van der Waals surface area contributed by atoms with Gasteiger partial charge in [0, 0.05) is 12.1 Å². The molecule has 2 aromatic carbocycles. The van der Waals surface area contributed by atoms with Crippen molar-refractivity contribution in [3.63, 3.8) is 0 Å². The average molecular weight is 246 g/mol. The minimum atomic E-state index is 0.869. The van der Waals surface area contributed by atoms with Crippen molar-refractivity contribution in [1.29, 1.82) is 0 Å². The lowest BCUT2D eigenvalue weighted by molar-refractivity contribution is 0.908. The number of para-hydroxylation sites is 2. The number of aryl methyl sites for hydroxylation is 1. The summed E-state index contributed by atoms with van der Waals surface area (Å²) in [6.45, 7) is 2.11. The van der Waals surface area contributed by atoms with Crippen molar-refractivity contribution in [2.75, 3.05) is 0 Å². The molecule has 0 unspecified atom stereocenters. The maximum atomic E-state index is 5.62. The van der Waals surface area contributed by atoms with Crippen LogP contribution >= 0.6 is 0 Å². The molecular formula is C17H14N2. The van der Waals surface area contributed by atoms with Crippen LogP contribution in [0, 0.1) is 12.3 Å². The standard InChI is InChI=1S/C17H14N2/c1-3-13-9-8-12-15-17(13)19(16(4-2)18-15)14-10-6-5-7-11-14/h1,5-12H,4H2,2H3. The summed E-state index contributed by atoms with van der Waals surface area (Å²) in [6, 6.07) is 16.1. The predicted octanol–water partition coefficient (Wildman–Crippen LogP) is 3.57. The number of rotatable bonds is 2. The van der Waals surface area contributed by atoms with Crippen LogP contribution < -0.4 is 0 Å². The molecule has 0 N–H and O–H groups in total. The van der Waals surface area contributed by atoms with Crippen LogP contribution in [0.5, 0.6) is 0 Å². The fourth-order valence-corrected chi connectivity index (χ4v) is 2.38. The molecule has 19 heavy (non-hydrogen) atoms. The zero-order valence-electron chi connectivity index (χ0n) is 10.8. The molecule has 0 aliphatic carbocycles. The second kappa shape index (κ2) is 4.62. The Bertz CT molecular complexity index is 761. The SMILES string of the molecule is C#Cc1cccc2nc(CC)n(-c3ccccc3)c12. The molecule has 0 saturated heterocycles. The molecule has 0 fully saturated rings. The molecular weight excluding hydrogens is 232 g/mol. The Morgan fingerprint density at radius 3 is 2.58 bits per heavy atom. The minimum absolute atomic E-state index is 0.869. The fourth-order valence-electron chi connectivity index (χ4n) is 2.38. The van der Waals surface area contributed by atoms with Gasteiger partial charge in [-0.2, -0.15) is 0 Å². The number of nitrogens with zero attached hydrogens (tertiary/aromatic N) is 2. The largest absolute Gasteiger partial charge is 0.295 e. The van der Waals surface area contributed by atoms with Crippen molar-refractivity contribution in [2.45, 2.75) is 13.3 Å². The summed E-state index contributed by atoms with van der Waals surface area (Å²) in [4.78, 5) is 4.68. The van der Waals surface area contributed by atoms with E-state index in [1.807, 2.05) is 36.4 Å². The molecule has 0 amide bonds. The summed E-state index contributed by atoms with van der Waals surface area (Å²) < 4.78 is 2.16. The Morgan fingerprint density at radius 2 is 1.89 bits per heavy atom. The summed E-state index contributed by atoms with van der Waals surface area (Å²) in [5, 5.41) is 0. The normalized spacial score (nSPS) is 10.5. The average Bonchev–Trinajstić information content (AvgIpc) is 2.86. The number of terminal acetylenes is 1. The Labute approximate surface area is 112 Å². The van der Waals surface area contributed by atoms with E-state index in [2.05, 4.69) is 34.5 Å². The van der Waals surface area contributed by atoms with Crippen LogP contribution in [0.15, 0.2) is 48.5 Å². The van der Waals surface area contributed by atoms with Gasteiger partial charge in [-0.1, -0.05) is 37.1 Å². The number of aromatic nitrogens is 2. The fraction of sp³-hybridized carbons (Fsp3) is 0.118. The number of hydrogen-bond acceptors (Lipinski definition) is 1. The van der Waals surface area contributed by atoms with E-state index in [4.69, 9.17) is 6.42 Å². The van der Waals surface area contributed by atoms with Gasteiger partial charge >= 0.3 is 0 Å². The molecule has 1 aromatic heterocycles. The second-order valence-electron chi connectivity index (χ2n) is 4.37. The van der Waals surface area contributed by atoms with Gasteiger partial charge in [0.1, 0.15) is 5.82 Å². The van der Waals surface area contributed by atoms with Gasteiger partial charge in [0.2, 0.25) is 0 Å². The highest BCUT2D eigenvalue weighted by atomic mass is 15.1. The van der Waals surface area contributed by atoms with E-state index in [0.717, 1.165) is 34.5 Å². The van der Waals surface area contributed by atoms with Crippen LogP contribution in [0.3, 0.4) is 0 Å². The molecule has 0 aliphatic heterocycles. The number of fused-ring (bicyclic) bond motifs is 1. The Morgan fingerprint density at radius 1 is 1.11 bits per heavy atom. The van der Waals surface area contributed by atoms with Gasteiger partial charge in [-0.05, 0) is 24.3 Å². The predicted molar refractivity (Wildman–Crippen MR) is 78.4 cm³/mol.